The van der Waals surface area contributed by atoms with E-state index in [1.54, 1.807) is 11.6 Å². The molecule has 3 aromatic heterocycles. The Hall–Kier alpha value is -2.84. The van der Waals surface area contributed by atoms with Crippen LogP contribution < -0.4 is 9.80 Å². The molecule has 0 N–H and O–H groups in total. The van der Waals surface area contributed by atoms with Gasteiger partial charge >= 0.3 is 0 Å². The Morgan fingerprint density at radius 1 is 0.929 bits per heavy atom. The molecule has 0 atom stereocenters. The second kappa shape index (κ2) is 6.35. The van der Waals surface area contributed by atoms with E-state index < -0.39 is 0 Å². The summed E-state index contributed by atoms with van der Waals surface area (Å²) in [4.78, 5) is 22.3. The number of aromatic nitrogens is 6. The zero-order chi connectivity index (χ0) is 19.4. The van der Waals surface area contributed by atoms with Crippen LogP contribution >= 0.6 is 0 Å². The van der Waals surface area contributed by atoms with Gasteiger partial charge in [-0.3, -0.25) is 4.68 Å². The average Bonchev–Trinajstić information content (AvgIpc) is 3.48. The summed E-state index contributed by atoms with van der Waals surface area (Å²) in [5.74, 6) is 2.96. The number of hydrogen-bond acceptors (Lipinski definition) is 7. The van der Waals surface area contributed by atoms with Gasteiger partial charge < -0.3 is 9.80 Å². The average molecular weight is 382 g/mol. The molecule has 0 aromatic carbocycles. The van der Waals surface area contributed by atoms with Crippen molar-refractivity contribution >= 4 is 22.7 Å². The van der Waals surface area contributed by atoms with Crippen molar-refractivity contribution in [2.45, 2.75) is 32.6 Å². The van der Waals surface area contributed by atoms with Gasteiger partial charge in [0.25, 0.3) is 0 Å². The van der Waals surface area contributed by atoms with Crippen molar-refractivity contribution in [1.82, 2.24) is 29.7 Å². The molecular formula is C19H23FN8. The number of fused-ring (bicyclic) bond motifs is 1. The minimum absolute atomic E-state index is 0.301. The summed E-state index contributed by atoms with van der Waals surface area (Å²) >= 11 is 0. The number of nitrogens with zero attached hydrogens (tertiary/aromatic N) is 8. The van der Waals surface area contributed by atoms with Crippen LogP contribution in [0.25, 0.3) is 11.0 Å². The number of aryl methyl sites for hydroxylation is 3. The minimum atomic E-state index is -0.301. The molecule has 3 aromatic rings. The van der Waals surface area contributed by atoms with E-state index in [0.29, 0.717) is 30.5 Å². The quantitative estimate of drug-likeness (QED) is 0.687. The third-order valence-electron chi connectivity index (χ3n) is 5.52. The zero-order valence-corrected chi connectivity index (χ0v) is 16.4. The van der Waals surface area contributed by atoms with Crippen LogP contribution in [0.1, 0.15) is 36.1 Å². The topological polar surface area (TPSA) is 75.9 Å². The van der Waals surface area contributed by atoms with E-state index in [2.05, 4.69) is 29.9 Å². The molecule has 9 heteroatoms. The molecule has 4 heterocycles. The predicted octanol–water partition coefficient (Wildman–Crippen LogP) is 2.11. The molecule has 5 rings (SSSR count). The highest BCUT2D eigenvalue weighted by Gasteiger charge is 2.30. The summed E-state index contributed by atoms with van der Waals surface area (Å²) in [6, 6.07) is 0. The number of anilines is 2. The van der Waals surface area contributed by atoms with Gasteiger partial charge in [-0.2, -0.15) is 5.10 Å². The van der Waals surface area contributed by atoms with Crippen molar-refractivity contribution in [2.24, 2.45) is 7.05 Å². The lowest BCUT2D eigenvalue weighted by Gasteiger charge is -2.36. The number of hydrogen-bond donors (Lipinski definition) is 0. The lowest BCUT2D eigenvalue weighted by atomic mass is 10.2. The predicted molar refractivity (Wildman–Crippen MR) is 104 cm³/mol. The molecule has 1 aliphatic carbocycles. The van der Waals surface area contributed by atoms with Crippen LogP contribution in [0.5, 0.6) is 0 Å². The Labute approximate surface area is 162 Å². The van der Waals surface area contributed by atoms with Crippen LogP contribution in [0.15, 0.2) is 6.20 Å². The molecular weight excluding hydrogens is 359 g/mol. The maximum absolute atomic E-state index is 14.7. The van der Waals surface area contributed by atoms with Gasteiger partial charge in [-0.25, -0.2) is 24.3 Å². The third-order valence-corrected chi connectivity index (χ3v) is 5.52. The lowest BCUT2D eigenvalue weighted by Crippen LogP contribution is -2.47. The largest absolute Gasteiger partial charge is 0.352 e. The molecule has 146 valence electrons. The fourth-order valence-corrected chi connectivity index (χ4v) is 3.78. The number of rotatable bonds is 3. The highest BCUT2D eigenvalue weighted by Crippen LogP contribution is 2.39. The van der Waals surface area contributed by atoms with Gasteiger partial charge in [-0.05, 0) is 26.7 Å². The van der Waals surface area contributed by atoms with Gasteiger partial charge in [-0.15, -0.1) is 0 Å². The van der Waals surface area contributed by atoms with Crippen LogP contribution in [0.4, 0.5) is 16.0 Å². The highest BCUT2D eigenvalue weighted by atomic mass is 19.1. The first-order valence-corrected chi connectivity index (χ1v) is 9.71. The van der Waals surface area contributed by atoms with Crippen molar-refractivity contribution in [3.63, 3.8) is 0 Å². The molecule has 2 fully saturated rings. The fourth-order valence-electron chi connectivity index (χ4n) is 3.78. The van der Waals surface area contributed by atoms with Crippen molar-refractivity contribution in [3.05, 3.63) is 29.4 Å². The molecule has 2 aliphatic rings. The number of piperazine rings is 1. The van der Waals surface area contributed by atoms with Gasteiger partial charge in [-0.1, -0.05) is 0 Å². The SMILES string of the molecule is Cc1nc(N2CCN(c3nc(C4CC4)nc(C)c3F)CC2)c2cnn(C)c2n1. The third kappa shape index (κ3) is 2.85. The molecule has 0 bridgehead atoms. The van der Waals surface area contributed by atoms with E-state index in [1.807, 2.05) is 25.1 Å². The van der Waals surface area contributed by atoms with E-state index in [1.165, 1.54) is 0 Å². The standard InChI is InChI=1S/C19H23FN8/c1-11-15(20)19(25-16(22-11)13-4-5-13)28-8-6-27(7-9-28)18-14-10-21-26(3)17(14)23-12(2)24-18/h10,13H,4-9H2,1-3H3. The van der Waals surface area contributed by atoms with Crippen LogP contribution in [0, 0.1) is 19.7 Å². The van der Waals surface area contributed by atoms with Crippen LogP contribution in [-0.4, -0.2) is 55.9 Å². The molecule has 28 heavy (non-hydrogen) atoms. The van der Waals surface area contributed by atoms with E-state index in [-0.39, 0.29) is 5.82 Å². The Balaban J connectivity index is 1.40. The van der Waals surface area contributed by atoms with Gasteiger partial charge in [0.1, 0.15) is 17.5 Å². The van der Waals surface area contributed by atoms with Crippen molar-refractivity contribution < 1.29 is 4.39 Å². The highest BCUT2D eigenvalue weighted by molar-refractivity contribution is 5.87. The molecule has 1 saturated carbocycles. The first-order valence-electron chi connectivity index (χ1n) is 9.71. The number of halogens is 1. The molecule has 0 unspecified atom stereocenters. The Kier molecular flexibility index (Phi) is 3.92. The van der Waals surface area contributed by atoms with Gasteiger partial charge in [0.2, 0.25) is 0 Å². The lowest BCUT2D eigenvalue weighted by molar-refractivity contribution is 0.568. The van der Waals surface area contributed by atoms with Gasteiger partial charge in [0.15, 0.2) is 17.3 Å². The Morgan fingerprint density at radius 3 is 2.29 bits per heavy atom. The fraction of sp³-hybridized carbons (Fsp3) is 0.526. The second-order valence-corrected chi connectivity index (χ2v) is 7.65. The smallest absolute Gasteiger partial charge is 0.186 e. The van der Waals surface area contributed by atoms with Gasteiger partial charge in [0, 0.05) is 39.1 Å². The summed E-state index contributed by atoms with van der Waals surface area (Å²) in [5.41, 5.74) is 1.27. The van der Waals surface area contributed by atoms with Crippen molar-refractivity contribution in [2.75, 3.05) is 36.0 Å². The van der Waals surface area contributed by atoms with Crippen molar-refractivity contribution in [1.29, 1.82) is 0 Å². The van der Waals surface area contributed by atoms with Crippen LogP contribution in [0.2, 0.25) is 0 Å². The van der Waals surface area contributed by atoms with E-state index in [4.69, 9.17) is 0 Å². The van der Waals surface area contributed by atoms with Gasteiger partial charge in [0.05, 0.1) is 17.3 Å². The summed E-state index contributed by atoms with van der Waals surface area (Å²) in [6.07, 6.45) is 4.02. The van der Waals surface area contributed by atoms with E-state index in [0.717, 1.165) is 54.4 Å². The normalized spacial score (nSPS) is 17.6. The summed E-state index contributed by atoms with van der Waals surface area (Å²) in [6.45, 7) is 6.46. The molecule has 0 amide bonds. The van der Waals surface area contributed by atoms with Crippen LogP contribution in [0.3, 0.4) is 0 Å². The minimum Gasteiger partial charge on any atom is -0.352 e. The molecule has 8 nitrogen and oxygen atoms in total. The summed E-state index contributed by atoms with van der Waals surface area (Å²) in [5, 5.41) is 5.26. The molecule has 1 aliphatic heterocycles. The summed E-state index contributed by atoms with van der Waals surface area (Å²) in [7, 11) is 1.88. The van der Waals surface area contributed by atoms with E-state index in [9.17, 15) is 4.39 Å². The van der Waals surface area contributed by atoms with Crippen molar-refractivity contribution in [3.8, 4) is 0 Å². The second-order valence-electron chi connectivity index (χ2n) is 7.65. The zero-order valence-electron chi connectivity index (χ0n) is 16.4. The molecule has 0 radical (unpaired) electrons. The summed E-state index contributed by atoms with van der Waals surface area (Å²) < 4.78 is 16.5. The Bertz CT molecular complexity index is 1050. The first kappa shape index (κ1) is 17.3. The molecule has 1 saturated heterocycles. The van der Waals surface area contributed by atoms with Crippen LogP contribution in [-0.2, 0) is 7.05 Å². The Morgan fingerprint density at radius 2 is 1.61 bits per heavy atom. The first-order chi connectivity index (χ1) is 13.5. The maximum atomic E-state index is 14.7. The maximum Gasteiger partial charge on any atom is 0.186 e. The monoisotopic (exact) mass is 382 g/mol. The van der Waals surface area contributed by atoms with E-state index >= 15 is 0 Å². The molecule has 0 spiro atoms.